The van der Waals surface area contributed by atoms with Crippen molar-refractivity contribution in [2.24, 2.45) is 0 Å². The molecule has 10 heavy (non-hydrogen) atoms. The molecule has 0 amide bonds. The Balaban J connectivity index is 2.56. The maximum Gasteiger partial charge on any atom is 0.244 e. The zero-order valence-electron chi connectivity index (χ0n) is 5.49. The second-order valence-electron chi connectivity index (χ2n) is 2.20. The molecule has 0 saturated carbocycles. The van der Waals surface area contributed by atoms with E-state index in [1.165, 1.54) is 0 Å². The maximum atomic E-state index is 10.2. The second kappa shape index (κ2) is 3.08. The average Bonchev–Trinajstić information content (AvgIpc) is 1.88. The van der Waals surface area contributed by atoms with Gasteiger partial charge in [0.2, 0.25) is 5.70 Å². The third kappa shape index (κ3) is 1.75. The van der Waals surface area contributed by atoms with Gasteiger partial charge in [0, 0.05) is 19.2 Å². The van der Waals surface area contributed by atoms with Gasteiger partial charge in [-0.1, -0.05) is 9.39 Å². The third-order valence-corrected chi connectivity index (χ3v) is 1.92. The van der Waals surface area contributed by atoms with Crippen LogP contribution in [0.3, 0.4) is 0 Å². The third-order valence-electron chi connectivity index (χ3n) is 1.45. The van der Waals surface area contributed by atoms with Gasteiger partial charge in [-0.05, 0) is 0 Å². The van der Waals surface area contributed by atoms with Crippen LogP contribution in [0.4, 0.5) is 0 Å². The summed E-state index contributed by atoms with van der Waals surface area (Å²) >= 11 is 0. The summed E-state index contributed by atoms with van der Waals surface area (Å²) in [5.41, 5.74) is 0.346. The van der Waals surface area contributed by atoms with Crippen molar-refractivity contribution >= 4 is 9.39 Å². The predicted octanol–water partition coefficient (Wildman–Crippen LogP) is 0.643. The molecule has 0 spiro atoms. The van der Waals surface area contributed by atoms with Crippen LogP contribution in [0.15, 0.2) is 11.8 Å². The maximum absolute atomic E-state index is 10.2. The fourth-order valence-electron chi connectivity index (χ4n) is 0.840. The van der Waals surface area contributed by atoms with Crippen LogP contribution in [-0.4, -0.2) is 22.7 Å². The van der Waals surface area contributed by atoms with Crippen LogP contribution in [0.5, 0.6) is 0 Å². The van der Waals surface area contributed by atoms with Crippen molar-refractivity contribution in [2.75, 3.05) is 13.1 Å². The fraction of sp³-hybridized carbons (Fsp3) is 0.600. The standard InChI is InChI=1S/C5H9N2O2P/c8-7(9)5-1-3-6(10)4-2-5/h1H,2-4,10H2. The highest BCUT2D eigenvalue weighted by molar-refractivity contribution is 7.13. The Kier molecular flexibility index (Phi) is 2.35. The number of hydrogen-bond donors (Lipinski definition) is 0. The molecule has 1 aliphatic rings. The fourth-order valence-corrected chi connectivity index (χ4v) is 1.07. The molecular weight excluding hydrogens is 151 g/mol. The van der Waals surface area contributed by atoms with E-state index in [9.17, 15) is 10.1 Å². The van der Waals surface area contributed by atoms with Crippen molar-refractivity contribution in [3.8, 4) is 0 Å². The van der Waals surface area contributed by atoms with Gasteiger partial charge in [0.05, 0.1) is 11.3 Å². The molecule has 0 N–H and O–H groups in total. The van der Waals surface area contributed by atoms with Crippen molar-refractivity contribution in [1.29, 1.82) is 0 Å². The van der Waals surface area contributed by atoms with E-state index in [0.717, 1.165) is 6.54 Å². The molecule has 1 aliphatic heterocycles. The van der Waals surface area contributed by atoms with E-state index in [2.05, 4.69) is 9.39 Å². The quantitative estimate of drug-likeness (QED) is 0.321. The van der Waals surface area contributed by atoms with Gasteiger partial charge in [-0.2, -0.15) is 0 Å². The molecule has 56 valence electrons. The molecule has 1 unspecified atom stereocenters. The summed E-state index contributed by atoms with van der Waals surface area (Å²) < 4.78 is 1.97. The molecule has 0 aromatic rings. The Morgan fingerprint density at radius 3 is 2.90 bits per heavy atom. The van der Waals surface area contributed by atoms with Crippen LogP contribution in [-0.2, 0) is 0 Å². The topological polar surface area (TPSA) is 46.4 Å². The highest BCUT2D eigenvalue weighted by Crippen LogP contribution is 2.13. The smallest absolute Gasteiger partial charge is 0.244 e. The van der Waals surface area contributed by atoms with Crippen molar-refractivity contribution in [3.63, 3.8) is 0 Å². The summed E-state index contributed by atoms with van der Waals surface area (Å²) in [5.74, 6) is 0. The lowest BCUT2D eigenvalue weighted by molar-refractivity contribution is -0.428. The summed E-state index contributed by atoms with van der Waals surface area (Å²) in [6.45, 7) is 1.43. The average molecular weight is 160 g/mol. The monoisotopic (exact) mass is 160 g/mol. The summed E-state index contributed by atoms with van der Waals surface area (Å²) in [5, 5.41) is 10.2. The van der Waals surface area contributed by atoms with Gasteiger partial charge in [-0.15, -0.1) is 0 Å². The van der Waals surface area contributed by atoms with Crippen LogP contribution < -0.4 is 0 Å². The highest BCUT2D eigenvalue weighted by atomic mass is 31.0. The van der Waals surface area contributed by atoms with E-state index in [1.807, 2.05) is 4.67 Å². The highest BCUT2D eigenvalue weighted by Gasteiger charge is 2.15. The van der Waals surface area contributed by atoms with E-state index in [1.54, 1.807) is 6.08 Å². The molecule has 0 aliphatic carbocycles. The molecule has 1 rings (SSSR count). The molecule has 0 saturated heterocycles. The van der Waals surface area contributed by atoms with E-state index < -0.39 is 0 Å². The SMILES string of the molecule is O=[N+]([O-])C1=CCN(P)CC1. The minimum atomic E-state index is -0.308. The molecular formula is C5H9N2O2P. The number of nitro groups is 1. The van der Waals surface area contributed by atoms with E-state index in [0.29, 0.717) is 18.7 Å². The zero-order chi connectivity index (χ0) is 7.56. The lowest BCUT2D eigenvalue weighted by Crippen LogP contribution is -2.21. The molecule has 1 atom stereocenters. The molecule has 0 fully saturated rings. The molecule has 1 heterocycles. The Morgan fingerprint density at radius 2 is 2.50 bits per heavy atom. The zero-order valence-corrected chi connectivity index (χ0v) is 6.64. The van der Waals surface area contributed by atoms with Gasteiger partial charge < -0.3 is 0 Å². The minimum absolute atomic E-state index is 0.308. The first-order valence-electron chi connectivity index (χ1n) is 3.03. The van der Waals surface area contributed by atoms with Crippen LogP contribution >= 0.6 is 9.39 Å². The van der Waals surface area contributed by atoms with Crippen molar-refractivity contribution < 1.29 is 4.92 Å². The Labute approximate surface area is 61.3 Å². The van der Waals surface area contributed by atoms with Gasteiger partial charge in [0.25, 0.3) is 0 Å². The number of hydrogen-bond acceptors (Lipinski definition) is 3. The molecule has 0 aromatic carbocycles. The van der Waals surface area contributed by atoms with Crippen molar-refractivity contribution in [3.05, 3.63) is 21.9 Å². The summed E-state index contributed by atoms with van der Waals surface area (Å²) in [6, 6.07) is 0. The molecule has 0 radical (unpaired) electrons. The van der Waals surface area contributed by atoms with Crippen LogP contribution in [0.2, 0.25) is 0 Å². The largest absolute Gasteiger partial charge is 0.283 e. The van der Waals surface area contributed by atoms with Crippen LogP contribution in [0.1, 0.15) is 6.42 Å². The van der Waals surface area contributed by atoms with Crippen molar-refractivity contribution in [1.82, 2.24) is 4.67 Å². The number of nitrogens with zero attached hydrogens (tertiary/aromatic N) is 2. The first kappa shape index (κ1) is 7.63. The van der Waals surface area contributed by atoms with E-state index in [-0.39, 0.29) is 4.92 Å². The molecule has 4 nitrogen and oxygen atoms in total. The normalized spacial score (nSPS) is 20.3. The van der Waals surface area contributed by atoms with Gasteiger partial charge in [0.1, 0.15) is 0 Å². The van der Waals surface area contributed by atoms with Gasteiger partial charge in [-0.3, -0.25) is 14.8 Å². The molecule has 5 heteroatoms. The minimum Gasteiger partial charge on any atom is -0.283 e. The first-order chi connectivity index (χ1) is 4.70. The van der Waals surface area contributed by atoms with Gasteiger partial charge in [0.15, 0.2) is 0 Å². The van der Waals surface area contributed by atoms with Gasteiger partial charge in [-0.25, -0.2) is 0 Å². The van der Waals surface area contributed by atoms with Crippen LogP contribution in [0, 0.1) is 10.1 Å². The van der Waals surface area contributed by atoms with Crippen molar-refractivity contribution in [2.45, 2.75) is 6.42 Å². The summed E-state index contributed by atoms with van der Waals surface area (Å²) in [6.07, 6.45) is 2.20. The lowest BCUT2D eigenvalue weighted by atomic mass is 10.2. The van der Waals surface area contributed by atoms with E-state index >= 15 is 0 Å². The Bertz CT molecular complexity index is 180. The Morgan fingerprint density at radius 1 is 1.80 bits per heavy atom. The number of rotatable bonds is 1. The Hall–Kier alpha value is -0.470. The molecule has 0 aromatic heterocycles. The summed E-state index contributed by atoms with van der Waals surface area (Å²) in [4.78, 5) is 9.87. The van der Waals surface area contributed by atoms with Gasteiger partial charge >= 0.3 is 0 Å². The predicted molar refractivity (Wildman–Crippen MR) is 41.0 cm³/mol. The lowest BCUT2D eigenvalue weighted by Gasteiger charge is -2.16. The van der Waals surface area contributed by atoms with Crippen LogP contribution in [0.25, 0.3) is 0 Å². The molecule has 0 bridgehead atoms. The summed E-state index contributed by atoms with van der Waals surface area (Å²) in [7, 11) is 2.52. The second-order valence-corrected chi connectivity index (χ2v) is 2.93. The first-order valence-corrected chi connectivity index (χ1v) is 3.55. The van der Waals surface area contributed by atoms with E-state index in [4.69, 9.17) is 0 Å².